The van der Waals surface area contributed by atoms with Gasteiger partial charge in [0.1, 0.15) is 30.9 Å². The predicted molar refractivity (Wildman–Crippen MR) is 368 cm³/mol. The number of halogens is 7. The van der Waals surface area contributed by atoms with Gasteiger partial charge in [-0.2, -0.15) is 26.3 Å². The summed E-state index contributed by atoms with van der Waals surface area (Å²) in [5.74, 6) is -1.46. The van der Waals surface area contributed by atoms with E-state index in [9.17, 15) is 54.7 Å². The summed E-state index contributed by atoms with van der Waals surface area (Å²) in [4.78, 5) is 72.3. The zero-order valence-corrected chi connectivity index (χ0v) is 57.2. The average Bonchev–Trinajstić information content (AvgIpc) is 1.59. The van der Waals surface area contributed by atoms with Crippen LogP contribution in [0, 0.1) is 5.82 Å². The summed E-state index contributed by atoms with van der Waals surface area (Å²) in [5.41, 5.74) is 2.09. The highest BCUT2D eigenvalue weighted by Crippen LogP contribution is 2.48. The Labute approximate surface area is 580 Å². The number of piperidine rings is 2. The van der Waals surface area contributed by atoms with Crippen LogP contribution in [-0.2, 0) is 64.9 Å². The molecule has 4 aliphatic rings. The number of nitrogens with zero attached hydrogens (tertiary/aromatic N) is 5. The minimum atomic E-state index is -5.11. The molecule has 0 aromatic heterocycles. The lowest BCUT2D eigenvalue weighted by atomic mass is 9.72. The molecule has 6 aromatic rings. The number of alkyl halides is 6. The lowest BCUT2D eigenvalue weighted by molar-refractivity contribution is -0.143. The zero-order chi connectivity index (χ0) is 71.5. The quantitative estimate of drug-likeness (QED) is 0.0347. The third-order valence-electron chi connectivity index (χ3n) is 19.3. The van der Waals surface area contributed by atoms with Crippen molar-refractivity contribution in [1.29, 1.82) is 0 Å². The molecule has 10 rings (SSSR count). The Kier molecular flexibility index (Phi) is 26.7. The molecule has 538 valence electrons. The lowest BCUT2D eigenvalue weighted by Crippen LogP contribution is -2.49. The molecule has 2 atom stereocenters. The first-order valence-corrected chi connectivity index (χ1v) is 34.4. The Morgan fingerprint density at radius 3 is 2.03 bits per heavy atom. The van der Waals surface area contributed by atoms with E-state index in [1.807, 2.05) is 117 Å². The second-order valence-electron chi connectivity index (χ2n) is 26.1. The topological polar surface area (TPSA) is 175 Å². The first-order chi connectivity index (χ1) is 47.9. The van der Waals surface area contributed by atoms with Crippen LogP contribution in [0.4, 0.5) is 51.7 Å². The molecule has 0 saturated carbocycles. The van der Waals surface area contributed by atoms with Crippen LogP contribution >= 0.6 is 0 Å². The molecule has 3 N–H and O–H groups in total. The molecule has 1 aliphatic carbocycles. The summed E-state index contributed by atoms with van der Waals surface area (Å²) in [6.07, 6.45) is -3.11. The number of ether oxygens (including phenoxy) is 4. The van der Waals surface area contributed by atoms with Crippen molar-refractivity contribution in [3.63, 3.8) is 0 Å². The molecular weight excluding hydrogens is 1300 g/mol. The highest BCUT2D eigenvalue weighted by atomic mass is 19.4. The average molecular weight is 1390 g/mol. The van der Waals surface area contributed by atoms with E-state index < -0.39 is 65.3 Å². The molecule has 6 aromatic carbocycles. The number of fused-ring (bicyclic) bond motifs is 2. The molecule has 100 heavy (non-hydrogen) atoms. The van der Waals surface area contributed by atoms with Gasteiger partial charge in [0.2, 0.25) is 11.8 Å². The number of hydrogen-bond acceptors (Lipinski definition) is 12. The maximum absolute atomic E-state index is 14.0. The van der Waals surface area contributed by atoms with Gasteiger partial charge in [0, 0.05) is 88.6 Å². The number of likely N-dealkylation sites (N-methyl/N-ethyl adjacent to an activating group) is 2. The van der Waals surface area contributed by atoms with Crippen LogP contribution in [0.1, 0.15) is 122 Å². The van der Waals surface area contributed by atoms with Crippen LogP contribution in [0.2, 0.25) is 0 Å². The SMILES string of the molecule is CCCOC(=O)Nc1ccc(CNCCCCCC(=O)N(C)CCN2CCC(OC(=O)Nc3ccccc3-c3ccccc3)CC2)cc1.CCN(C)C(=O)CO[C@H]1Cc2ccccc2C12CCN(CC[C@@]1(c3ccc(F)cc3)CN(C(=O)c3cc(C(F)(F)F)cc(C(F)(F)F)c3)CO1)CC2. The fraction of sp³-hybridized carbons (Fsp3) is 0.461. The van der Waals surface area contributed by atoms with Crippen LogP contribution in [-0.4, -0.2) is 166 Å². The summed E-state index contributed by atoms with van der Waals surface area (Å²) in [5, 5.41) is 9.10. The van der Waals surface area contributed by atoms with E-state index in [4.69, 9.17) is 18.9 Å². The molecule has 0 radical (unpaired) electrons. The van der Waals surface area contributed by atoms with Crippen molar-refractivity contribution < 1.29 is 73.7 Å². The Hall–Kier alpha value is -8.42. The Balaban J connectivity index is 0.000000234. The number of likely N-dealkylation sites (tertiary alicyclic amines) is 2. The number of carbonyl (C=O) groups is 5. The second-order valence-corrected chi connectivity index (χ2v) is 26.1. The monoisotopic (exact) mass is 1390 g/mol. The van der Waals surface area contributed by atoms with Crippen molar-refractivity contribution in [2.24, 2.45) is 0 Å². The van der Waals surface area contributed by atoms with E-state index in [1.165, 1.54) is 35.4 Å². The number of anilines is 2. The third-order valence-corrected chi connectivity index (χ3v) is 19.3. The number of amides is 5. The number of benzene rings is 6. The summed E-state index contributed by atoms with van der Waals surface area (Å²) < 4.78 is 119. The first-order valence-electron chi connectivity index (χ1n) is 34.4. The highest BCUT2D eigenvalue weighted by Gasteiger charge is 2.50. The maximum Gasteiger partial charge on any atom is 0.416 e. The van der Waals surface area contributed by atoms with Crippen LogP contribution in [0.3, 0.4) is 0 Å². The van der Waals surface area contributed by atoms with Gasteiger partial charge in [0.15, 0.2) is 0 Å². The molecule has 1 spiro atoms. The summed E-state index contributed by atoms with van der Waals surface area (Å²) >= 11 is 0. The minimum absolute atomic E-state index is 0.0147. The fourth-order valence-corrected chi connectivity index (χ4v) is 13.4. The number of hydrogen-bond donors (Lipinski definition) is 3. The minimum Gasteiger partial charge on any atom is -0.449 e. The van der Waals surface area contributed by atoms with E-state index in [0.717, 1.165) is 111 Å². The molecule has 3 saturated heterocycles. The summed E-state index contributed by atoms with van der Waals surface area (Å²) in [6.45, 7) is 10.9. The van der Waals surface area contributed by atoms with E-state index >= 15 is 0 Å². The molecule has 17 nitrogen and oxygen atoms in total. The van der Waals surface area contributed by atoms with E-state index in [0.29, 0.717) is 82.0 Å². The molecule has 0 bridgehead atoms. The van der Waals surface area contributed by atoms with Gasteiger partial charge < -0.3 is 48.8 Å². The molecule has 24 heteroatoms. The normalized spacial score (nSPS) is 17.8. The van der Waals surface area contributed by atoms with Gasteiger partial charge in [-0.25, -0.2) is 14.0 Å². The van der Waals surface area contributed by atoms with Gasteiger partial charge in [-0.05, 0) is 161 Å². The van der Waals surface area contributed by atoms with Crippen LogP contribution < -0.4 is 16.0 Å². The van der Waals surface area contributed by atoms with Crippen molar-refractivity contribution in [2.45, 2.75) is 127 Å². The molecule has 5 amide bonds. The summed E-state index contributed by atoms with van der Waals surface area (Å²) in [6, 6.07) is 39.9. The molecule has 0 unspecified atom stereocenters. The van der Waals surface area contributed by atoms with Gasteiger partial charge in [0.25, 0.3) is 5.91 Å². The predicted octanol–water partition coefficient (Wildman–Crippen LogP) is 14.2. The third kappa shape index (κ3) is 20.6. The first kappa shape index (κ1) is 75.8. The van der Waals surface area contributed by atoms with Gasteiger partial charge in [-0.15, -0.1) is 0 Å². The Morgan fingerprint density at radius 2 is 1.35 bits per heavy atom. The van der Waals surface area contributed by atoms with Crippen molar-refractivity contribution in [2.75, 3.05) is 110 Å². The smallest absolute Gasteiger partial charge is 0.416 e. The van der Waals surface area contributed by atoms with Gasteiger partial charge >= 0.3 is 24.5 Å². The lowest BCUT2D eigenvalue weighted by Gasteiger charge is -2.44. The van der Waals surface area contributed by atoms with Crippen LogP contribution in [0.5, 0.6) is 0 Å². The van der Waals surface area contributed by atoms with Crippen LogP contribution in [0.25, 0.3) is 11.1 Å². The fourth-order valence-electron chi connectivity index (χ4n) is 13.4. The van der Waals surface area contributed by atoms with E-state index in [-0.39, 0.29) is 48.7 Å². The van der Waals surface area contributed by atoms with Crippen molar-refractivity contribution >= 4 is 41.3 Å². The zero-order valence-electron chi connectivity index (χ0n) is 57.2. The number of rotatable bonds is 26. The number of nitrogens with one attached hydrogen (secondary N) is 3. The van der Waals surface area contributed by atoms with Crippen molar-refractivity contribution in [3.05, 3.63) is 190 Å². The molecular formula is C76H91F7N8O9. The number of para-hydroxylation sites is 1. The second kappa shape index (κ2) is 35.3. The van der Waals surface area contributed by atoms with Crippen molar-refractivity contribution in [1.82, 2.24) is 29.8 Å². The van der Waals surface area contributed by atoms with E-state index in [1.54, 1.807) is 11.9 Å². The Morgan fingerprint density at radius 1 is 0.690 bits per heavy atom. The molecule has 3 fully saturated rings. The molecule has 3 aliphatic heterocycles. The van der Waals surface area contributed by atoms with Crippen LogP contribution in [0.15, 0.2) is 146 Å². The Bertz CT molecular complexity index is 3630. The van der Waals surface area contributed by atoms with Gasteiger partial charge in [-0.1, -0.05) is 110 Å². The standard InChI is InChI=1S/C38H40F7N3O4.C38H51N5O5/c1-3-46(2)33(49)22-51-32-20-25-6-4-5-7-31(25)35(32)12-15-47(16-13-35)17-14-36(27-8-10-30(39)11-9-27)23-48(24-52-36)34(50)26-18-28(37(40,41)42)21-29(19-26)38(43,44)45;1-3-28-47-37(45)40-32-19-17-30(18-20-32)29-39-23-11-5-8-16-36(44)42(2)26-27-43-24-21-33(22-25-43)48-38(46)41-35-15-10-9-14-34(35)31-12-6-4-7-13-31/h4-11,18-19,21,32H,3,12-17,20,22-24H2,1-2H3;4,6-7,9-10,12-15,17-20,33,39H,3,5,8,11,16,21-29H2,1-2H3,(H,40,45)(H,41,46)/t32-,36-;/m0./s1. The van der Waals surface area contributed by atoms with E-state index in [2.05, 4.69) is 37.9 Å². The number of carbonyl (C=O) groups excluding carboxylic acids is 5. The van der Waals surface area contributed by atoms with Gasteiger partial charge in [-0.3, -0.25) is 25.0 Å². The maximum atomic E-state index is 14.0. The van der Waals surface area contributed by atoms with Gasteiger partial charge in [0.05, 0.1) is 36.1 Å². The number of unbranched alkanes of at least 4 members (excludes halogenated alkanes) is 2. The summed E-state index contributed by atoms with van der Waals surface area (Å²) in [7, 11) is 3.62. The molecule has 3 heterocycles. The largest absolute Gasteiger partial charge is 0.449 e. The highest BCUT2D eigenvalue weighted by molar-refractivity contribution is 5.95. The van der Waals surface area contributed by atoms with Crippen molar-refractivity contribution in [3.8, 4) is 11.1 Å².